The third kappa shape index (κ3) is 13.9. The van der Waals surface area contributed by atoms with Gasteiger partial charge < -0.3 is 37.9 Å². The number of rotatable bonds is 9. The number of thiophene rings is 1. The molecule has 0 saturated heterocycles. The first-order chi connectivity index (χ1) is 58.7. The Morgan fingerprint density at radius 1 is 0.434 bits per heavy atom. The van der Waals surface area contributed by atoms with Crippen LogP contribution in [0.1, 0.15) is 11.1 Å². The number of para-hydroxylation sites is 7. The minimum absolute atomic E-state index is 0. The van der Waals surface area contributed by atoms with E-state index >= 15 is 0 Å². The van der Waals surface area contributed by atoms with Crippen molar-refractivity contribution in [2.45, 2.75) is 22.6 Å². The molecule has 0 saturated carbocycles. The van der Waals surface area contributed by atoms with Gasteiger partial charge in [-0.25, -0.2) is 37.4 Å². The largest absolute Gasteiger partial charge is 0.400 e. The monoisotopic (exact) mass is 1880 g/mol. The summed E-state index contributed by atoms with van der Waals surface area (Å²) >= 11 is 3.45. The first-order valence-corrected chi connectivity index (χ1v) is 41.4. The predicted octanol–water partition coefficient (Wildman–Crippen LogP) is 25.1. The molecule has 3 radical (unpaired) electrons. The van der Waals surface area contributed by atoms with Gasteiger partial charge in [-0.05, 0) is 145 Å². The fourth-order valence-corrected chi connectivity index (χ4v) is 19.1. The molecule has 3 aliphatic heterocycles. The van der Waals surface area contributed by atoms with Crippen molar-refractivity contribution in [2.75, 3.05) is 26.6 Å². The minimum atomic E-state index is 0. The van der Waals surface area contributed by atoms with E-state index in [1.807, 2.05) is 48.0 Å². The maximum atomic E-state index is 5.38. The minimum Gasteiger partial charge on any atom is -0.400 e. The van der Waals surface area contributed by atoms with Crippen molar-refractivity contribution < 1.29 is 71.7 Å². The van der Waals surface area contributed by atoms with E-state index in [-0.39, 0.29) is 67.1 Å². The molecule has 0 fully saturated rings. The van der Waals surface area contributed by atoms with Gasteiger partial charge in [0.25, 0.3) is 0 Å². The Balaban J connectivity index is 0.000000120. The summed E-state index contributed by atoms with van der Waals surface area (Å²) in [7, 11) is 8.35. The Hall–Kier alpha value is -12.5. The van der Waals surface area contributed by atoms with E-state index in [2.05, 4.69) is 399 Å². The van der Waals surface area contributed by atoms with Crippen molar-refractivity contribution in [1.29, 1.82) is 0 Å². The Labute approximate surface area is 762 Å². The molecule has 122 heavy (non-hydrogen) atoms. The fourth-order valence-electron chi connectivity index (χ4n) is 17.4. The number of hydrogen-bond donors (Lipinski definition) is 0. The zero-order valence-corrected chi connectivity index (χ0v) is 72.3. The van der Waals surface area contributed by atoms with Gasteiger partial charge in [0, 0.05) is 102 Å². The van der Waals surface area contributed by atoms with Crippen LogP contribution in [0.15, 0.2) is 337 Å². The Morgan fingerprint density at radius 2 is 1.13 bits per heavy atom. The molecular formula is C105H70Ag3N12S2-8. The number of fused-ring (bicyclic) bond motifs is 13. The van der Waals surface area contributed by atoms with Gasteiger partial charge in [-0.2, -0.15) is 109 Å². The summed E-state index contributed by atoms with van der Waals surface area (Å²) < 4.78 is 12.0. The second-order valence-corrected chi connectivity index (χ2v) is 32.0. The van der Waals surface area contributed by atoms with Crippen LogP contribution < -0.4 is 24.2 Å². The smallest absolute Gasteiger partial charge is 0.152 e. The van der Waals surface area contributed by atoms with E-state index in [1.54, 1.807) is 23.1 Å². The van der Waals surface area contributed by atoms with Crippen LogP contribution in [0.4, 0.5) is 63.0 Å². The van der Waals surface area contributed by atoms with Crippen LogP contribution in [0, 0.1) is 48.5 Å². The second-order valence-electron chi connectivity index (χ2n) is 30.0. The summed E-state index contributed by atoms with van der Waals surface area (Å²) in [5.74, 6) is 4.34. The third-order valence-corrected chi connectivity index (χ3v) is 24.9. The van der Waals surface area contributed by atoms with Gasteiger partial charge in [0.2, 0.25) is 0 Å². The van der Waals surface area contributed by atoms with Crippen LogP contribution in [-0.4, -0.2) is 40.3 Å². The van der Waals surface area contributed by atoms with E-state index < -0.39 is 0 Å². The van der Waals surface area contributed by atoms with Gasteiger partial charge >= 0.3 is 0 Å². The quantitative estimate of drug-likeness (QED) is 0.0804. The van der Waals surface area contributed by atoms with Crippen LogP contribution in [0.3, 0.4) is 0 Å². The molecule has 12 heterocycles. The summed E-state index contributed by atoms with van der Waals surface area (Å²) in [6, 6.07) is 132. The summed E-state index contributed by atoms with van der Waals surface area (Å²) in [6.07, 6.45) is 10.2. The van der Waals surface area contributed by atoms with Crippen molar-refractivity contribution in [1.82, 2.24) is 33.2 Å². The summed E-state index contributed by atoms with van der Waals surface area (Å²) in [5, 5.41) is 8.97. The third-order valence-electron chi connectivity index (χ3n) is 23.0. The van der Waals surface area contributed by atoms with Crippen molar-refractivity contribution >= 4 is 151 Å². The van der Waals surface area contributed by atoms with E-state index in [0.717, 1.165) is 170 Å². The summed E-state index contributed by atoms with van der Waals surface area (Å²) in [5.41, 5.74) is 25.0. The van der Waals surface area contributed by atoms with Crippen LogP contribution in [0.5, 0.6) is 0 Å². The molecule has 9 aromatic heterocycles. The number of aryl methyl sites for hydroxylation is 5. The molecule has 17 heteroatoms. The van der Waals surface area contributed by atoms with Gasteiger partial charge in [-0.15, -0.1) is 105 Å². The standard InChI is InChI=1S/C40H28N4.C34H24N5S.C31H18N3S.3Ag/c1-42-25-24-33-30(13-8-17-35(33)42)29-23-22-28-21-20-27-10-2-5-14-34(27)43(38(28)26-29)39-18-9-19-40(41-39)44-36-15-6-3-11-31(36)32-12-4-7-16-37(32)44;1-36-18-16-25-26(21-37(2)34(25)36)22-14-15-29-31(20-22)39(30-11-5-4-10-28(30)38(29)3)33-13-7-9-27(35-33)23-8-6-12-32-24(23)17-19-40-32;1-2-9-22(10-3-1)24-12-8-13-25(21-24)34-27-15-6-7-16-28(27)35-29-17-18-30(32-31(29)34)33-20-19-23-11-4-5-14-26(23)33;;;/h2-15,17-19,22-25H,20-21H2,1H3;4-15,18-19,21H,1-3H3;1-9,11-13,15-20H;;;/q-2;2*-3;;;. The molecule has 0 unspecified atom stereocenters. The van der Waals surface area contributed by atoms with Gasteiger partial charge in [-0.1, -0.05) is 160 Å². The maximum absolute atomic E-state index is 5.38. The van der Waals surface area contributed by atoms with E-state index in [1.165, 1.54) is 48.0 Å². The summed E-state index contributed by atoms with van der Waals surface area (Å²) in [4.78, 5) is 27.1. The van der Waals surface area contributed by atoms with E-state index in [0.29, 0.717) is 0 Å². The van der Waals surface area contributed by atoms with Gasteiger partial charge in [0.05, 0.1) is 22.0 Å². The van der Waals surface area contributed by atoms with Crippen LogP contribution in [0.2, 0.25) is 0 Å². The zero-order valence-electron chi connectivity index (χ0n) is 66.2. The first-order valence-electron chi connectivity index (χ1n) is 39.7. The average molecular weight is 1890 g/mol. The molecule has 603 valence electrons. The molecule has 21 aromatic rings. The molecule has 0 aliphatic carbocycles. The topological polar surface area (TPSA) is 75.2 Å². The number of nitrogens with zero attached hydrogens (tertiary/aromatic N) is 12. The zero-order chi connectivity index (χ0) is 79.3. The SMILES string of the molecule is CN1c2ccc(-c3cn(C)c4c3[c-]cn4C)[c-]c2N(c2cccc(-c3cccc4sc[c-]c34)n2)c2ccccc21.C[n+]1c[cH-]c2c(-c3[c-]c4c(cc3)CCc3ccccc3N4c3cccc(-n4c5[c-]cccc5c5ccccc54)n3)cccc21.[Ag].[Ag].[Ag].[c-]1ccccc1-c1[c-]c(N2c3ccccc3Sc3ccc(-n4ccc5ccc[c-]c54)nc32)ccc1. The molecule has 3 aliphatic rings. The maximum Gasteiger partial charge on any atom is 0.152 e. The van der Waals surface area contributed by atoms with Crippen molar-refractivity contribution in [3.05, 3.63) is 387 Å². The molecule has 24 rings (SSSR count). The molecular weight excluding hydrogens is 1820 g/mol. The molecule has 0 N–H and O–H groups in total. The summed E-state index contributed by atoms with van der Waals surface area (Å²) in [6.45, 7) is 0. The van der Waals surface area contributed by atoms with Crippen molar-refractivity contribution in [3.63, 3.8) is 0 Å². The van der Waals surface area contributed by atoms with Crippen LogP contribution >= 0.6 is 23.1 Å². The molecule has 0 spiro atoms. The van der Waals surface area contributed by atoms with Crippen molar-refractivity contribution in [2.24, 2.45) is 21.1 Å². The van der Waals surface area contributed by atoms with Gasteiger partial charge in [0.1, 0.15) is 42.0 Å². The molecule has 0 bridgehead atoms. The number of pyridine rings is 3. The van der Waals surface area contributed by atoms with Crippen molar-refractivity contribution in [3.8, 4) is 56.3 Å². The van der Waals surface area contributed by atoms with Crippen LogP contribution in [0.25, 0.3) is 121 Å². The number of aromatic nitrogens is 8. The number of hydrogen-bond acceptors (Lipinski definition) is 9. The average Bonchev–Trinajstić information content (AvgIpc) is 1.01. The molecule has 0 atom stereocenters. The van der Waals surface area contributed by atoms with E-state index in [4.69, 9.17) is 15.0 Å². The fraction of sp³-hybridized carbons (Fsp3) is 0.0571. The Kier molecular flexibility index (Phi) is 21.6. The second kappa shape index (κ2) is 33.2. The molecule has 0 amide bonds. The number of anilines is 11. The molecule has 12 nitrogen and oxygen atoms in total. The molecule has 12 aromatic carbocycles. The van der Waals surface area contributed by atoms with Crippen LogP contribution in [-0.2, 0) is 101 Å². The first kappa shape index (κ1) is 79.3. The Bertz CT molecular complexity index is 7510. The normalized spacial score (nSPS) is 12.4. The Morgan fingerprint density at radius 3 is 2.02 bits per heavy atom. The van der Waals surface area contributed by atoms with E-state index in [9.17, 15) is 0 Å². The van der Waals surface area contributed by atoms with Gasteiger partial charge in [0.15, 0.2) is 5.82 Å². The number of benzene rings is 12. The van der Waals surface area contributed by atoms with Gasteiger partial charge in [-0.3, -0.25) is 4.57 Å². The predicted molar refractivity (Wildman–Crippen MR) is 485 cm³/mol.